The van der Waals surface area contributed by atoms with E-state index in [-0.39, 0.29) is 24.3 Å². The van der Waals surface area contributed by atoms with Crippen LogP contribution in [-0.4, -0.2) is 76.8 Å². The maximum atomic E-state index is 13.0. The first-order valence-corrected chi connectivity index (χ1v) is 12.4. The number of aromatic nitrogens is 2. The van der Waals surface area contributed by atoms with Crippen LogP contribution in [0.2, 0.25) is 0 Å². The second kappa shape index (κ2) is 9.41. The lowest BCUT2D eigenvalue weighted by Crippen LogP contribution is -2.65. The Bertz CT molecular complexity index is 960. The molecule has 0 bridgehead atoms. The van der Waals surface area contributed by atoms with Crippen molar-refractivity contribution in [3.8, 4) is 5.75 Å². The predicted octanol–water partition coefficient (Wildman–Crippen LogP) is 3.58. The average Bonchev–Trinajstić information content (AvgIpc) is 2.77. The van der Waals surface area contributed by atoms with Crippen molar-refractivity contribution >= 4 is 12.0 Å². The number of hydrogen-bond donors (Lipinski definition) is 0. The van der Waals surface area contributed by atoms with E-state index in [2.05, 4.69) is 63.9 Å². The van der Waals surface area contributed by atoms with Crippen LogP contribution >= 0.6 is 0 Å². The average molecular weight is 466 g/mol. The first-order valence-electron chi connectivity index (χ1n) is 12.4. The van der Waals surface area contributed by atoms with Gasteiger partial charge in [0.15, 0.2) is 5.75 Å². The lowest BCUT2D eigenvalue weighted by atomic mass is 9.61. The van der Waals surface area contributed by atoms with Crippen molar-refractivity contribution in [2.45, 2.75) is 58.3 Å². The zero-order chi connectivity index (χ0) is 23.7. The molecule has 0 N–H and O–H groups in total. The van der Waals surface area contributed by atoms with Crippen molar-refractivity contribution in [2.24, 2.45) is 5.41 Å². The Balaban J connectivity index is 1.08. The number of likely N-dealkylation sites (tertiary alicyclic amines) is 1. The summed E-state index contributed by atoms with van der Waals surface area (Å²) in [5.74, 6) is 1.34. The summed E-state index contributed by atoms with van der Waals surface area (Å²) in [5, 5.41) is 0. The number of rotatable bonds is 6. The van der Waals surface area contributed by atoms with Gasteiger partial charge in [0, 0.05) is 38.1 Å². The number of carbonyl (C=O) groups is 1. The van der Waals surface area contributed by atoms with E-state index in [9.17, 15) is 4.79 Å². The van der Waals surface area contributed by atoms with Gasteiger partial charge in [-0.3, -0.25) is 9.80 Å². The predicted molar refractivity (Wildman–Crippen MR) is 130 cm³/mol. The van der Waals surface area contributed by atoms with Crippen molar-refractivity contribution in [1.29, 1.82) is 0 Å². The van der Waals surface area contributed by atoms with Gasteiger partial charge in [0.25, 0.3) is 0 Å². The SMILES string of the molecule is CCOc1cnc(N2C[C@@H](C)N(C(=O)OC3CC4(C3)CN(Cc3ccccc3)C4)[C@@H](C)C2)nc1. The van der Waals surface area contributed by atoms with E-state index in [1.807, 2.05) is 11.8 Å². The Morgan fingerprint density at radius 3 is 2.32 bits per heavy atom. The molecule has 0 radical (unpaired) electrons. The molecule has 2 atom stereocenters. The molecular weight excluding hydrogens is 430 g/mol. The molecule has 3 fully saturated rings. The van der Waals surface area contributed by atoms with Crippen LogP contribution in [0.15, 0.2) is 42.7 Å². The zero-order valence-electron chi connectivity index (χ0n) is 20.4. The molecule has 3 aliphatic rings. The summed E-state index contributed by atoms with van der Waals surface area (Å²) in [6.45, 7) is 11.2. The molecule has 1 spiro atoms. The van der Waals surface area contributed by atoms with Gasteiger partial charge in [-0.15, -0.1) is 0 Å². The second-order valence-electron chi connectivity index (χ2n) is 10.2. The number of hydrogen-bond acceptors (Lipinski definition) is 7. The van der Waals surface area contributed by atoms with Gasteiger partial charge < -0.3 is 14.4 Å². The third kappa shape index (κ3) is 4.69. The highest BCUT2D eigenvalue weighted by molar-refractivity contribution is 5.69. The normalized spacial score (nSPS) is 24.4. The third-order valence-electron chi connectivity index (χ3n) is 7.29. The van der Waals surface area contributed by atoms with Gasteiger partial charge in [-0.25, -0.2) is 14.8 Å². The molecule has 2 saturated heterocycles. The van der Waals surface area contributed by atoms with Gasteiger partial charge in [-0.2, -0.15) is 0 Å². The minimum absolute atomic E-state index is 0.0190. The summed E-state index contributed by atoms with van der Waals surface area (Å²) < 4.78 is 11.4. The summed E-state index contributed by atoms with van der Waals surface area (Å²) in [4.78, 5) is 28.4. The number of piperazine rings is 1. The van der Waals surface area contributed by atoms with Crippen LogP contribution in [0.3, 0.4) is 0 Å². The van der Waals surface area contributed by atoms with E-state index in [0.717, 1.165) is 32.5 Å². The summed E-state index contributed by atoms with van der Waals surface area (Å²) >= 11 is 0. The summed E-state index contributed by atoms with van der Waals surface area (Å²) in [6.07, 6.45) is 5.22. The minimum Gasteiger partial charge on any atom is -0.491 e. The van der Waals surface area contributed by atoms with Crippen molar-refractivity contribution < 1.29 is 14.3 Å². The number of amides is 1. The zero-order valence-corrected chi connectivity index (χ0v) is 20.4. The summed E-state index contributed by atoms with van der Waals surface area (Å²) in [7, 11) is 0. The molecule has 5 rings (SSSR count). The van der Waals surface area contributed by atoms with Crippen LogP contribution < -0.4 is 9.64 Å². The second-order valence-corrected chi connectivity index (χ2v) is 10.2. The van der Waals surface area contributed by atoms with E-state index in [1.165, 1.54) is 5.56 Å². The highest BCUT2D eigenvalue weighted by Gasteiger charge is 2.54. The van der Waals surface area contributed by atoms with Crippen LogP contribution in [0, 0.1) is 5.41 Å². The molecule has 8 heteroatoms. The van der Waals surface area contributed by atoms with Gasteiger partial charge in [0.1, 0.15) is 6.10 Å². The number of carbonyl (C=O) groups excluding carboxylic acids is 1. The third-order valence-corrected chi connectivity index (χ3v) is 7.29. The van der Waals surface area contributed by atoms with E-state index < -0.39 is 0 Å². The van der Waals surface area contributed by atoms with Crippen LogP contribution in [0.4, 0.5) is 10.7 Å². The Morgan fingerprint density at radius 2 is 1.71 bits per heavy atom. The van der Waals surface area contributed by atoms with Crippen LogP contribution in [0.5, 0.6) is 5.75 Å². The van der Waals surface area contributed by atoms with Crippen molar-refractivity contribution in [3.63, 3.8) is 0 Å². The van der Waals surface area contributed by atoms with Gasteiger partial charge in [-0.05, 0) is 39.2 Å². The molecule has 34 heavy (non-hydrogen) atoms. The molecule has 2 aliphatic heterocycles. The first-order chi connectivity index (χ1) is 16.4. The van der Waals surface area contributed by atoms with Crippen molar-refractivity contribution in [2.75, 3.05) is 37.7 Å². The van der Waals surface area contributed by atoms with Crippen LogP contribution in [0.25, 0.3) is 0 Å². The molecule has 1 aromatic carbocycles. The molecule has 1 aliphatic carbocycles. The van der Waals surface area contributed by atoms with Gasteiger partial charge in [0.2, 0.25) is 5.95 Å². The summed E-state index contributed by atoms with van der Waals surface area (Å²) in [6, 6.07) is 10.6. The van der Waals surface area contributed by atoms with Gasteiger partial charge in [0.05, 0.1) is 31.1 Å². The molecule has 2 aromatic rings. The highest BCUT2D eigenvalue weighted by atomic mass is 16.6. The Hall–Kier alpha value is -2.87. The fourth-order valence-electron chi connectivity index (χ4n) is 5.87. The molecule has 8 nitrogen and oxygen atoms in total. The Labute approximate surface area is 201 Å². The van der Waals surface area contributed by atoms with Gasteiger partial charge >= 0.3 is 6.09 Å². The molecule has 1 saturated carbocycles. The molecule has 0 unspecified atom stereocenters. The van der Waals surface area contributed by atoms with E-state index in [0.29, 0.717) is 36.8 Å². The van der Waals surface area contributed by atoms with E-state index in [1.54, 1.807) is 12.4 Å². The standard InChI is InChI=1S/C26H35N5O3/c1-4-33-23-12-27-24(28-13-23)30-14-19(2)31(20(3)15-30)25(32)34-22-10-26(11-22)17-29(18-26)16-21-8-6-5-7-9-21/h5-9,12-13,19-20,22H,4,10-11,14-18H2,1-3H3/t19-,20+. The Kier molecular flexibility index (Phi) is 6.34. The smallest absolute Gasteiger partial charge is 0.410 e. The van der Waals surface area contributed by atoms with Crippen LogP contribution in [-0.2, 0) is 11.3 Å². The molecule has 1 aromatic heterocycles. The topological polar surface area (TPSA) is 71.0 Å². The molecule has 182 valence electrons. The quantitative estimate of drug-likeness (QED) is 0.646. The summed E-state index contributed by atoms with van der Waals surface area (Å²) in [5.41, 5.74) is 1.71. The lowest BCUT2D eigenvalue weighted by Gasteiger charge is -2.58. The Morgan fingerprint density at radius 1 is 1.06 bits per heavy atom. The maximum absolute atomic E-state index is 13.0. The fourth-order valence-corrected chi connectivity index (χ4v) is 5.87. The largest absolute Gasteiger partial charge is 0.491 e. The van der Waals surface area contributed by atoms with E-state index >= 15 is 0 Å². The van der Waals surface area contributed by atoms with Gasteiger partial charge in [-0.1, -0.05) is 30.3 Å². The van der Waals surface area contributed by atoms with Crippen molar-refractivity contribution in [1.82, 2.24) is 19.8 Å². The fraction of sp³-hybridized carbons (Fsp3) is 0.577. The molecule has 1 amide bonds. The van der Waals surface area contributed by atoms with Crippen molar-refractivity contribution in [3.05, 3.63) is 48.3 Å². The minimum atomic E-state index is -0.187. The number of anilines is 1. The lowest BCUT2D eigenvalue weighted by molar-refractivity contribution is -0.137. The monoisotopic (exact) mass is 465 g/mol. The number of ether oxygens (including phenoxy) is 2. The van der Waals surface area contributed by atoms with Crippen LogP contribution in [0.1, 0.15) is 39.2 Å². The maximum Gasteiger partial charge on any atom is 0.410 e. The first kappa shape index (κ1) is 22.9. The van der Waals surface area contributed by atoms with E-state index in [4.69, 9.17) is 9.47 Å². The molecule has 3 heterocycles. The number of nitrogens with zero attached hydrogens (tertiary/aromatic N) is 5. The number of benzene rings is 1. The highest BCUT2D eigenvalue weighted by Crippen LogP contribution is 2.50. The molecular formula is C26H35N5O3.